The predicted molar refractivity (Wildman–Crippen MR) is 100 cm³/mol. The number of aromatic nitrogens is 1. The zero-order valence-electron chi connectivity index (χ0n) is 15.5. The molecule has 1 atom stereocenters. The lowest BCUT2D eigenvalue weighted by molar-refractivity contribution is -0.117. The number of methoxy groups -OCH3 is 1. The fourth-order valence-electron chi connectivity index (χ4n) is 3.55. The highest BCUT2D eigenvalue weighted by molar-refractivity contribution is 5.96. The van der Waals surface area contributed by atoms with Crippen molar-refractivity contribution in [1.82, 2.24) is 9.47 Å². The number of carbonyl (C=O) groups is 2. The van der Waals surface area contributed by atoms with Crippen molar-refractivity contribution in [3.05, 3.63) is 53.3 Å². The van der Waals surface area contributed by atoms with E-state index in [1.165, 1.54) is 12.8 Å². The van der Waals surface area contributed by atoms with Gasteiger partial charge in [0.15, 0.2) is 0 Å². The second-order valence-electron chi connectivity index (χ2n) is 6.74. The van der Waals surface area contributed by atoms with Crippen molar-refractivity contribution in [3.63, 3.8) is 0 Å². The number of likely N-dealkylation sites (tertiary alicyclic amines) is 1. The lowest BCUT2D eigenvalue weighted by Gasteiger charge is -2.24. The van der Waals surface area contributed by atoms with Crippen LogP contribution in [0, 0.1) is 6.92 Å². The van der Waals surface area contributed by atoms with Crippen molar-refractivity contribution < 1.29 is 14.3 Å². The monoisotopic (exact) mass is 355 g/mol. The molecule has 1 aromatic heterocycles. The van der Waals surface area contributed by atoms with Gasteiger partial charge in [-0.2, -0.15) is 0 Å². The molecule has 1 aromatic carbocycles. The Morgan fingerprint density at radius 3 is 2.81 bits per heavy atom. The average Bonchev–Trinajstić information content (AvgIpc) is 3.24. The van der Waals surface area contributed by atoms with Crippen molar-refractivity contribution in [2.75, 3.05) is 25.5 Å². The highest BCUT2D eigenvalue weighted by Crippen LogP contribution is 2.31. The molecule has 0 radical (unpaired) electrons. The molecule has 2 heterocycles. The Kier molecular flexibility index (Phi) is 5.42. The molecule has 0 unspecified atom stereocenters. The third kappa shape index (κ3) is 3.80. The van der Waals surface area contributed by atoms with Crippen molar-refractivity contribution in [1.29, 1.82) is 0 Å². The van der Waals surface area contributed by atoms with Crippen LogP contribution in [0.4, 0.5) is 5.69 Å². The summed E-state index contributed by atoms with van der Waals surface area (Å²) in [5.41, 5.74) is 3.22. The van der Waals surface area contributed by atoms with E-state index < -0.39 is 5.97 Å². The van der Waals surface area contributed by atoms with E-state index in [0.717, 1.165) is 24.9 Å². The summed E-state index contributed by atoms with van der Waals surface area (Å²) < 4.78 is 6.86. The number of hydrogen-bond acceptors (Lipinski definition) is 4. The molecular weight excluding hydrogens is 330 g/mol. The molecule has 6 heteroatoms. The van der Waals surface area contributed by atoms with Gasteiger partial charge in [-0.3, -0.25) is 9.69 Å². The number of rotatable bonds is 5. The fourth-order valence-corrected chi connectivity index (χ4v) is 3.55. The normalized spacial score (nSPS) is 17.3. The molecule has 26 heavy (non-hydrogen) atoms. The molecule has 1 aliphatic rings. The minimum atomic E-state index is -0.413. The zero-order valence-corrected chi connectivity index (χ0v) is 15.5. The number of ether oxygens (including phenoxy) is 1. The number of benzene rings is 1. The molecule has 1 amide bonds. The summed E-state index contributed by atoms with van der Waals surface area (Å²) >= 11 is 0. The zero-order chi connectivity index (χ0) is 18.7. The summed E-state index contributed by atoms with van der Waals surface area (Å²) in [5.74, 6) is -0.486. The van der Waals surface area contributed by atoms with Gasteiger partial charge in [0.25, 0.3) is 0 Å². The molecule has 1 fully saturated rings. The second kappa shape index (κ2) is 7.74. The lowest BCUT2D eigenvalue weighted by Crippen LogP contribution is -2.33. The predicted octanol–water partition coefficient (Wildman–Crippen LogP) is 2.90. The summed E-state index contributed by atoms with van der Waals surface area (Å²) in [5, 5.41) is 2.94. The number of carbonyl (C=O) groups excluding carboxylic acids is 2. The third-order valence-electron chi connectivity index (χ3n) is 4.97. The summed E-state index contributed by atoms with van der Waals surface area (Å²) in [7, 11) is 3.38. The van der Waals surface area contributed by atoms with Crippen LogP contribution in [0.5, 0.6) is 0 Å². The minimum Gasteiger partial charge on any atom is -0.465 e. The van der Waals surface area contributed by atoms with Gasteiger partial charge < -0.3 is 14.6 Å². The molecule has 2 aromatic rings. The van der Waals surface area contributed by atoms with E-state index >= 15 is 0 Å². The van der Waals surface area contributed by atoms with Gasteiger partial charge in [-0.25, -0.2) is 4.79 Å². The number of nitrogens with one attached hydrogen (secondary N) is 1. The molecule has 0 aliphatic carbocycles. The first-order valence-electron chi connectivity index (χ1n) is 8.83. The SMILES string of the molecule is COC(=O)c1ccc(C)c(NC(=O)CN2CCC[C@H]2c2cccn2C)c1. The van der Waals surface area contributed by atoms with E-state index in [2.05, 4.69) is 20.9 Å². The van der Waals surface area contributed by atoms with E-state index in [4.69, 9.17) is 4.74 Å². The van der Waals surface area contributed by atoms with E-state index in [0.29, 0.717) is 17.8 Å². The van der Waals surface area contributed by atoms with Gasteiger partial charge in [-0.15, -0.1) is 0 Å². The first-order valence-corrected chi connectivity index (χ1v) is 8.83. The Bertz CT molecular complexity index is 812. The summed E-state index contributed by atoms with van der Waals surface area (Å²) in [6, 6.07) is 9.59. The maximum absolute atomic E-state index is 12.6. The number of esters is 1. The number of hydrogen-bond donors (Lipinski definition) is 1. The topological polar surface area (TPSA) is 63.6 Å². The summed E-state index contributed by atoms with van der Waals surface area (Å²) in [4.78, 5) is 26.5. The van der Waals surface area contributed by atoms with E-state index in [9.17, 15) is 9.59 Å². The van der Waals surface area contributed by atoms with Crippen LogP contribution in [0.2, 0.25) is 0 Å². The van der Waals surface area contributed by atoms with Gasteiger partial charge in [-0.05, 0) is 56.1 Å². The molecule has 3 rings (SSSR count). The maximum atomic E-state index is 12.6. The van der Waals surface area contributed by atoms with E-state index in [1.54, 1.807) is 12.1 Å². The van der Waals surface area contributed by atoms with Gasteiger partial charge in [0, 0.05) is 24.6 Å². The van der Waals surface area contributed by atoms with Crippen molar-refractivity contribution in [2.24, 2.45) is 7.05 Å². The van der Waals surface area contributed by atoms with Crippen LogP contribution in [-0.2, 0) is 16.6 Å². The quantitative estimate of drug-likeness (QED) is 0.838. The highest BCUT2D eigenvalue weighted by Gasteiger charge is 2.29. The van der Waals surface area contributed by atoms with Gasteiger partial charge >= 0.3 is 5.97 Å². The Labute approximate surface area is 153 Å². The van der Waals surface area contributed by atoms with Gasteiger partial charge in [0.1, 0.15) is 0 Å². The molecule has 0 spiro atoms. The molecule has 1 N–H and O–H groups in total. The lowest BCUT2D eigenvalue weighted by atomic mass is 10.1. The Balaban J connectivity index is 1.69. The first kappa shape index (κ1) is 18.2. The molecule has 138 valence electrons. The maximum Gasteiger partial charge on any atom is 0.337 e. The average molecular weight is 355 g/mol. The Morgan fingerprint density at radius 2 is 2.12 bits per heavy atom. The minimum absolute atomic E-state index is 0.0729. The van der Waals surface area contributed by atoms with Crippen molar-refractivity contribution in [3.8, 4) is 0 Å². The number of amides is 1. The molecular formula is C20H25N3O3. The Morgan fingerprint density at radius 1 is 1.31 bits per heavy atom. The standard InChI is InChI=1S/C20H25N3O3/c1-14-8-9-15(20(25)26-3)12-16(14)21-19(24)13-23-11-5-7-18(23)17-6-4-10-22(17)2/h4,6,8-10,12,18H,5,7,11,13H2,1-3H3,(H,21,24)/t18-/m0/s1. The van der Waals surface area contributed by atoms with Crippen molar-refractivity contribution >= 4 is 17.6 Å². The van der Waals surface area contributed by atoms with Crippen LogP contribution in [0.1, 0.15) is 40.5 Å². The smallest absolute Gasteiger partial charge is 0.337 e. The number of nitrogens with zero attached hydrogens (tertiary/aromatic N) is 2. The largest absolute Gasteiger partial charge is 0.465 e. The molecule has 0 bridgehead atoms. The number of aryl methyl sites for hydroxylation is 2. The Hall–Kier alpha value is -2.60. The first-order chi connectivity index (χ1) is 12.5. The van der Waals surface area contributed by atoms with E-state index in [1.807, 2.05) is 32.3 Å². The van der Waals surface area contributed by atoms with Crippen LogP contribution in [0.3, 0.4) is 0 Å². The van der Waals surface area contributed by atoms with Gasteiger partial charge in [0.05, 0.1) is 25.3 Å². The number of anilines is 1. The van der Waals surface area contributed by atoms with Crippen LogP contribution >= 0.6 is 0 Å². The van der Waals surface area contributed by atoms with Crippen molar-refractivity contribution in [2.45, 2.75) is 25.8 Å². The van der Waals surface area contributed by atoms with Gasteiger partial charge in [0.2, 0.25) is 5.91 Å². The van der Waals surface area contributed by atoms with Crippen LogP contribution < -0.4 is 5.32 Å². The molecule has 1 saturated heterocycles. The van der Waals surface area contributed by atoms with Crippen LogP contribution in [0.25, 0.3) is 0 Å². The second-order valence-corrected chi connectivity index (χ2v) is 6.74. The molecule has 0 saturated carbocycles. The third-order valence-corrected chi connectivity index (χ3v) is 4.97. The summed E-state index contributed by atoms with van der Waals surface area (Å²) in [6.45, 7) is 3.14. The fraction of sp³-hybridized carbons (Fsp3) is 0.400. The molecule has 6 nitrogen and oxygen atoms in total. The van der Waals surface area contributed by atoms with Crippen LogP contribution in [-0.4, -0.2) is 41.5 Å². The summed E-state index contributed by atoms with van der Waals surface area (Å²) in [6.07, 6.45) is 4.18. The highest BCUT2D eigenvalue weighted by atomic mass is 16.5. The van der Waals surface area contributed by atoms with E-state index in [-0.39, 0.29) is 11.9 Å². The van der Waals surface area contributed by atoms with Crippen LogP contribution in [0.15, 0.2) is 36.5 Å². The van der Waals surface area contributed by atoms with Gasteiger partial charge in [-0.1, -0.05) is 6.07 Å². The molecule has 1 aliphatic heterocycles.